The van der Waals surface area contributed by atoms with Gasteiger partial charge in [-0.15, -0.1) is 0 Å². The largest absolute Gasteiger partial charge is 0.508 e. The topological polar surface area (TPSA) is 32.3 Å². The van der Waals surface area contributed by atoms with Gasteiger partial charge in [0.15, 0.2) is 0 Å². The number of halogens is 1. The zero-order valence-corrected chi connectivity index (χ0v) is 12.6. The van der Waals surface area contributed by atoms with Gasteiger partial charge < -0.3 is 10.4 Å². The van der Waals surface area contributed by atoms with Crippen molar-refractivity contribution in [3.05, 3.63) is 57.2 Å². The summed E-state index contributed by atoms with van der Waals surface area (Å²) in [6.45, 7) is 4.18. The molecule has 0 amide bonds. The van der Waals surface area contributed by atoms with Gasteiger partial charge in [0.25, 0.3) is 0 Å². The summed E-state index contributed by atoms with van der Waals surface area (Å²) in [6.07, 6.45) is 0. The minimum Gasteiger partial charge on any atom is -0.508 e. The maximum absolute atomic E-state index is 9.50. The van der Waals surface area contributed by atoms with Gasteiger partial charge in [-0.1, -0.05) is 18.2 Å². The van der Waals surface area contributed by atoms with Crippen LogP contribution in [0.2, 0.25) is 0 Å². The monoisotopic (exact) mass is 353 g/mol. The summed E-state index contributed by atoms with van der Waals surface area (Å²) < 4.78 is 1.21. The molecule has 1 unspecified atom stereocenters. The number of hydrogen-bond donors (Lipinski definition) is 2. The smallest absolute Gasteiger partial charge is 0.115 e. The molecule has 0 spiro atoms. The highest BCUT2D eigenvalue weighted by Gasteiger charge is 2.07. The molecule has 0 saturated heterocycles. The van der Waals surface area contributed by atoms with Crippen LogP contribution in [-0.2, 0) is 0 Å². The Morgan fingerprint density at radius 1 is 1.17 bits per heavy atom. The van der Waals surface area contributed by atoms with Gasteiger partial charge in [0, 0.05) is 15.3 Å². The van der Waals surface area contributed by atoms with Crippen molar-refractivity contribution in [2.45, 2.75) is 19.9 Å². The van der Waals surface area contributed by atoms with E-state index in [4.69, 9.17) is 0 Å². The lowest BCUT2D eigenvalue weighted by molar-refractivity contribution is 0.474. The van der Waals surface area contributed by atoms with Crippen molar-refractivity contribution in [3.63, 3.8) is 0 Å². The lowest BCUT2D eigenvalue weighted by atomic mass is 10.1. The first-order valence-corrected chi connectivity index (χ1v) is 6.96. The summed E-state index contributed by atoms with van der Waals surface area (Å²) in [5.41, 5.74) is 3.44. The molecule has 94 valence electrons. The number of phenols is 1. The van der Waals surface area contributed by atoms with Gasteiger partial charge >= 0.3 is 0 Å². The molecule has 2 nitrogen and oxygen atoms in total. The van der Waals surface area contributed by atoms with Crippen LogP contribution >= 0.6 is 22.6 Å². The van der Waals surface area contributed by atoms with E-state index < -0.39 is 0 Å². The third-order valence-corrected chi connectivity index (χ3v) is 3.61. The van der Waals surface area contributed by atoms with Crippen molar-refractivity contribution in [2.24, 2.45) is 0 Å². The van der Waals surface area contributed by atoms with Crippen LogP contribution in [0.5, 0.6) is 5.75 Å². The molecule has 0 radical (unpaired) electrons. The van der Waals surface area contributed by atoms with Crippen molar-refractivity contribution in [3.8, 4) is 5.75 Å². The molecule has 0 aromatic heterocycles. The number of aromatic hydroxyl groups is 1. The number of rotatable bonds is 3. The fraction of sp³-hybridized carbons (Fsp3) is 0.200. The predicted octanol–water partition coefficient (Wildman–Crippen LogP) is 4.48. The Bertz CT molecular complexity index is 554. The highest BCUT2D eigenvalue weighted by atomic mass is 127. The minimum atomic E-state index is 0.161. The average Bonchev–Trinajstić information content (AvgIpc) is 2.34. The van der Waals surface area contributed by atoms with E-state index in [0.29, 0.717) is 5.75 Å². The first-order valence-electron chi connectivity index (χ1n) is 5.88. The standard InChI is InChI=1S/C15H16INO/c1-10-6-7-13(16)9-15(10)17-11(2)12-4-3-5-14(18)8-12/h3-9,11,17-18H,1-2H3. The lowest BCUT2D eigenvalue weighted by Crippen LogP contribution is -2.07. The molecule has 2 aromatic rings. The molecule has 0 bridgehead atoms. The van der Waals surface area contributed by atoms with Crippen LogP contribution in [0.15, 0.2) is 42.5 Å². The molecule has 0 saturated carbocycles. The predicted molar refractivity (Wildman–Crippen MR) is 84.0 cm³/mol. The maximum Gasteiger partial charge on any atom is 0.115 e. The highest BCUT2D eigenvalue weighted by molar-refractivity contribution is 14.1. The van der Waals surface area contributed by atoms with Gasteiger partial charge in [0.2, 0.25) is 0 Å². The summed E-state index contributed by atoms with van der Waals surface area (Å²) in [7, 11) is 0. The Labute approximate surface area is 121 Å². The molecule has 0 aliphatic rings. The number of aryl methyl sites for hydroxylation is 1. The van der Waals surface area contributed by atoms with Crippen LogP contribution in [0.4, 0.5) is 5.69 Å². The molecule has 1 atom stereocenters. The van der Waals surface area contributed by atoms with Crippen LogP contribution in [0.1, 0.15) is 24.1 Å². The van der Waals surface area contributed by atoms with E-state index in [1.807, 2.05) is 12.1 Å². The third-order valence-electron chi connectivity index (χ3n) is 2.94. The summed E-state index contributed by atoms with van der Waals surface area (Å²) in [6, 6.07) is 13.9. The van der Waals surface area contributed by atoms with E-state index in [1.54, 1.807) is 12.1 Å². The number of benzene rings is 2. The van der Waals surface area contributed by atoms with Gasteiger partial charge in [-0.3, -0.25) is 0 Å². The molecule has 18 heavy (non-hydrogen) atoms. The normalized spacial score (nSPS) is 12.2. The van der Waals surface area contributed by atoms with Crippen LogP contribution in [0.3, 0.4) is 0 Å². The molecule has 2 rings (SSSR count). The number of anilines is 1. The second kappa shape index (κ2) is 5.61. The van der Waals surface area contributed by atoms with Crippen molar-refractivity contribution < 1.29 is 5.11 Å². The Morgan fingerprint density at radius 2 is 1.94 bits per heavy atom. The van der Waals surface area contributed by atoms with Gasteiger partial charge in [0.1, 0.15) is 5.75 Å². The molecular formula is C15H16INO. The molecule has 2 aromatic carbocycles. The van der Waals surface area contributed by atoms with E-state index in [9.17, 15) is 5.11 Å². The third kappa shape index (κ3) is 3.16. The highest BCUT2D eigenvalue weighted by Crippen LogP contribution is 2.25. The molecular weight excluding hydrogens is 337 g/mol. The maximum atomic E-state index is 9.50. The van der Waals surface area contributed by atoms with Crippen molar-refractivity contribution in [1.29, 1.82) is 0 Å². The van der Waals surface area contributed by atoms with Crippen LogP contribution in [0.25, 0.3) is 0 Å². The van der Waals surface area contributed by atoms with E-state index in [-0.39, 0.29) is 6.04 Å². The summed E-state index contributed by atoms with van der Waals surface area (Å²) in [5.74, 6) is 0.306. The lowest BCUT2D eigenvalue weighted by Gasteiger charge is -2.18. The number of hydrogen-bond acceptors (Lipinski definition) is 2. The molecule has 0 heterocycles. The second-order valence-electron chi connectivity index (χ2n) is 4.42. The van der Waals surface area contributed by atoms with E-state index >= 15 is 0 Å². The first-order chi connectivity index (χ1) is 8.56. The number of phenolic OH excluding ortho intramolecular Hbond substituents is 1. The van der Waals surface area contributed by atoms with Crippen LogP contribution < -0.4 is 5.32 Å². The van der Waals surface area contributed by atoms with Gasteiger partial charge in [-0.2, -0.15) is 0 Å². The van der Waals surface area contributed by atoms with Crippen LogP contribution in [0, 0.1) is 10.5 Å². The molecule has 0 aliphatic carbocycles. The first kappa shape index (κ1) is 13.2. The Kier molecular flexibility index (Phi) is 4.11. The molecule has 0 fully saturated rings. The average molecular weight is 353 g/mol. The van der Waals surface area contributed by atoms with E-state index in [0.717, 1.165) is 11.3 Å². The molecule has 0 aliphatic heterocycles. The number of nitrogens with one attached hydrogen (secondary N) is 1. The summed E-state index contributed by atoms with van der Waals surface area (Å²) in [5, 5.41) is 13.0. The van der Waals surface area contributed by atoms with Crippen molar-refractivity contribution in [2.75, 3.05) is 5.32 Å². The molecule has 2 N–H and O–H groups in total. The van der Waals surface area contributed by atoms with E-state index in [1.165, 1.54) is 9.13 Å². The van der Waals surface area contributed by atoms with Crippen LogP contribution in [-0.4, -0.2) is 5.11 Å². The van der Waals surface area contributed by atoms with E-state index in [2.05, 4.69) is 60.0 Å². The fourth-order valence-electron chi connectivity index (χ4n) is 1.86. The minimum absolute atomic E-state index is 0.161. The van der Waals surface area contributed by atoms with Gasteiger partial charge in [-0.25, -0.2) is 0 Å². The van der Waals surface area contributed by atoms with Crippen molar-refractivity contribution >= 4 is 28.3 Å². The van der Waals surface area contributed by atoms with Crippen molar-refractivity contribution in [1.82, 2.24) is 0 Å². The Hall–Kier alpha value is -1.23. The second-order valence-corrected chi connectivity index (χ2v) is 5.67. The zero-order valence-electron chi connectivity index (χ0n) is 10.4. The zero-order chi connectivity index (χ0) is 13.1. The summed E-state index contributed by atoms with van der Waals surface area (Å²) in [4.78, 5) is 0. The Balaban J connectivity index is 2.21. The quantitative estimate of drug-likeness (QED) is 0.798. The van der Waals surface area contributed by atoms with Gasteiger partial charge in [0.05, 0.1) is 0 Å². The Morgan fingerprint density at radius 3 is 2.67 bits per heavy atom. The molecule has 3 heteroatoms. The SMILES string of the molecule is Cc1ccc(I)cc1NC(C)c1cccc(O)c1. The summed E-state index contributed by atoms with van der Waals surface area (Å²) >= 11 is 2.31. The fourth-order valence-corrected chi connectivity index (χ4v) is 2.35. The van der Waals surface area contributed by atoms with Gasteiger partial charge in [-0.05, 0) is 71.8 Å².